The van der Waals surface area contributed by atoms with Gasteiger partial charge in [0.25, 0.3) is 5.91 Å². The average molecular weight is 491 g/mol. The quantitative estimate of drug-likeness (QED) is 0.358. The van der Waals surface area contributed by atoms with Crippen LogP contribution in [0, 0.1) is 5.82 Å². The van der Waals surface area contributed by atoms with Crippen molar-refractivity contribution >= 4 is 11.6 Å². The predicted molar refractivity (Wildman–Crippen MR) is 137 cm³/mol. The van der Waals surface area contributed by atoms with Crippen LogP contribution in [0.5, 0.6) is 11.5 Å². The molecule has 0 aliphatic heterocycles. The zero-order chi connectivity index (χ0) is 26.0. The molecule has 0 unspecified atom stereocenters. The Hall–Kier alpha value is -3.94. The van der Waals surface area contributed by atoms with Crippen molar-refractivity contribution in [3.05, 3.63) is 77.4 Å². The summed E-state index contributed by atoms with van der Waals surface area (Å²) in [5.74, 6) is 0.772. The first-order chi connectivity index (χ1) is 17.1. The van der Waals surface area contributed by atoms with Crippen molar-refractivity contribution in [1.82, 2.24) is 19.5 Å². The minimum Gasteiger partial charge on any atom is -0.493 e. The first-order valence-corrected chi connectivity index (χ1v) is 11.7. The van der Waals surface area contributed by atoms with Crippen LogP contribution in [0.15, 0.2) is 54.6 Å². The lowest BCUT2D eigenvalue weighted by Gasteiger charge is -2.18. The van der Waals surface area contributed by atoms with Gasteiger partial charge in [0.2, 0.25) is 0 Å². The van der Waals surface area contributed by atoms with E-state index in [4.69, 9.17) is 14.6 Å². The Morgan fingerprint density at radius 2 is 1.69 bits per heavy atom. The summed E-state index contributed by atoms with van der Waals surface area (Å²) in [6.07, 6.45) is 0.635. The van der Waals surface area contributed by atoms with Crippen LogP contribution in [0.3, 0.4) is 0 Å². The summed E-state index contributed by atoms with van der Waals surface area (Å²) < 4.78 is 26.0. The molecule has 188 valence electrons. The van der Waals surface area contributed by atoms with Crippen LogP contribution in [0.4, 0.5) is 4.39 Å². The molecule has 0 aliphatic rings. The maximum absolute atomic E-state index is 13.6. The van der Waals surface area contributed by atoms with Crippen LogP contribution in [-0.4, -0.2) is 53.2 Å². The van der Waals surface area contributed by atoms with Gasteiger partial charge >= 0.3 is 0 Å². The molecule has 2 aromatic heterocycles. The number of ether oxygens (including phenoxy) is 2. The zero-order valence-corrected chi connectivity index (χ0v) is 21.5. The molecule has 0 aliphatic carbocycles. The monoisotopic (exact) mass is 490 g/mol. The number of benzene rings is 2. The zero-order valence-electron chi connectivity index (χ0n) is 21.5. The molecular weight excluding hydrogens is 459 g/mol. The molecular formula is C28H31FN4O3. The minimum atomic E-state index is -0.328. The van der Waals surface area contributed by atoms with E-state index in [-0.39, 0.29) is 17.1 Å². The van der Waals surface area contributed by atoms with E-state index < -0.39 is 0 Å². The molecule has 2 heterocycles. The molecule has 0 atom stereocenters. The highest BCUT2D eigenvalue weighted by molar-refractivity contribution is 5.93. The number of nitrogens with zero attached hydrogens (tertiary/aromatic N) is 4. The van der Waals surface area contributed by atoms with Crippen LogP contribution in [0.1, 0.15) is 42.5 Å². The summed E-state index contributed by atoms with van der Waals surface area (Å²) in [6, 6.07) is 15.5. The molecule has 0 radical (unpaired) electrons. The van der Waals surface area contributed by atoms with Gasteiger partial charge in [-0.15, -0.1) is 0 Å². The lowest BCUT2D eigenvalue weighted by Crippen LogP contribution is -2.29. The van der Waals surface area contributed by atoms with Gasteiger partial charge in [-0.25, -0.2) is 13.9 Å². The van der Waals surface area contributed by atoms with Crippen molar-refractivity contribution in [3.8, 4) is 22.8 Å². The smallest absolute Gasteiger partial charge is 0.272 e. The van der Waals surface area contributed by atoms with E-state index in [1.807, 2.05) is 24.3 Å². The molecule has 0 saturated carbocycles. The van der Waals surface area contributed by atoms with Crippen LogP contribution < -0.4 is 9.47 Å². The van der Waals surface area contributed by atoms with Crippen LogP contribution in [0.2, 0.25) is 0 Å². The molecule has 1 amide bonds. The number of hydrogen-bond donors (Lipinski definition) is 0. The molecule has 8 heteroatoms. The Kier molecular flexibility index (Phi) is 6.97. The van der Waals surface area contributed by atoms with Gasteiger partial charge in [0.15, 0.2) is 17.1 Å². The standard InChI is InChI=1S/C28H31FN4O3/c1-28(2,3)25-17-26-30-21(16-22(33(26)31-25)19-8-10-20(29)11-9-19)27(34)32(4)14-13-18-7-12-23(35-5)24(15-18)36-6/h7-12,15-17H,13-14H2,1-6H3. The molecule has 0 fully saturated rings. The molecule has 0 bridgehead atoms. The van der Waals surface area contributed by atoms with Crippen molar-refractivity contribution < 1.29 is 18.7 Å². The van der Waals surface area contributed by atoms with Gasteiger partial charge in [0.1, 0.15) is 11.5 Å². The fraction of sp³-hybridized carbons (Fsp3) is 0.321. The molecule has 4 aromatic rings. The number of fused-ring (bicyclic) bond motifs is 1. The van der Waals surface area contributed by atoms with Crippen molar-refractivity contribution in [2.75, 3.05) is 27.8 Å². The second-order valence-corrected chi connectivity index (χ2v) is 9.75. The largest absolute Gasteiger partial charge is 0.493 e. The molecule has 4 rings (SSSR count). The van der Waals surface area contributed by atoms with E-state index in [1.165, 1.54) is 12.1 Å². The van der Waals surface area contributed by atoms with E-state index in [0.29, 0.717) is 41.5 Å². The highest BCUT2D eigenvalue weighted by atomic mass is 19.1. The number of carbonyl (C=O) groups excluding carboxylic acids is 1. The number of amides is 1. The van der Waals surface area contributed by atoms with Gasteiger partial charge in [-0.2, -0.15) is 5.10 Å². The van der Waals surface area contributed by atoms with Crippen molar-refractivity contribution in [1.29, 1.82) is 0 Å². The van der Waals surface area contributed by atoms with Crippen LogP contribution in [0.25, 0.3) is 16.9 Å². The molecule has 0 N–H and O–H groups in total. The number of rotatable bonds is 7. The second kappa shape index (κ2) is 9.97. The summed E-state index contributed by atoms with van der Waals surface area (Å²) in [5.41, 5.74) is 3.96. The van der Waals surface area contributed by atoms with Crippen molar-refractivity contribution in [2.45, 2.75) is 32.6 Å². The highest BCUT2D eigenvalue weighted by Gasteiger charge is 2.22. The van der Waals surface area contributed by atoms with E-state index in [1.54, 1.807) is 48.9 Å². The maximum atomic E-state index is 13.6. The summed E-state index contributed by atoms with van der Waals surface area (Å²) in [6.45, 7) is 6.70. The Labute approximate surface area is 210 Å². The first-order valence-electron chi connectivity index (χ1n) is 11.7. The molecule has 36 heavy (non-hydrogen) atoms. The molecule has 2 aromatic carbocycles. The average Bonchev–Trinajstić information content (AvgIpc) is 3.31. The third-order valence-corrected chi connectivity index (χ3v) is 6.09. The Morgan fingerprint density at radius 1 is 1.00 bits per heavy atom. The Balaban J connectivity index is 1.65. The summed E-state index contributed by atoms with van der Waals surface area (Å²) >= 11 is 0. The lowest BCUT2D eigenvalue weighted by atomic mass is 9.93. The van der Waals surface area contributed by atoms with E-state index in [0.717, 1.165) is 16.8 Å². The number of halogens is 1. The summed E-state index contributed by atoms with van der Waals surface area (Å²) in [7, 11) is 4.95. The normalized spacial score (nSPS) is 11.5. The van der Waals surface area contributed by atoms with Crippen molar-refractivity contribution in [2.24, 2.45) is 0 Å². The fourth-order valence-corrected chi connectivity index (χ4v) is 3.91. The molecule has 7 nitrogen and oxygen atoms in total. The van der Waals surface area contributed by atoms with Gasteiger partial charge in [0.05, 0.1) is 25.6 Å². The molecule has 0 spiro atoms. The number of hydrogen-bond acceptors (Lipinski definition) is 5. The van der Waals surface area contributed by atoms with Gasteiger partial charge in [-0.1, -0.05) is 26.8 Å². The van der Waals surface area contributed by atoms with E-state index >= 15 is 0 Å². The fourth-order valence-electron chi connectivity index (χ4n) is 3.91. The SMILES string of the molecule is COc1ccc(CCN(C)C(=O)c2cc(-c3ccc(F)cc3)n3nc(C(C)(C)C)cc3n2)cc1OC. The van der Waals surface area contributed by atoms with E-state index in [2.05, 4.69) is 25.8 Å². The number of methoxy groups -OCH3 is 2. The Bertz CT molecular complexity index is 1390. The summed E-state index contributed by atoms with van der Waals surface area (Å²) in [5, 5.41) is 4.75. The number of aromatic nitrogens is 3. The Morgan fingerprint density at radius 3 is 2.33 bits per heavy atom. The van der Waals surface area contributed by atoms with Gasteiger partial charge in [-0.05, 0) is 54.4 Å². The van der Waals surface area contributed by atoms with Crippen LogP contribution in [-0.2, 0) is 11.8 Å². The second-order valence-electron chi connectivity index (χ2n) is 9.75. The predicted octanol–water partition coefficient (Wildman–Crippen LogP) is 5.16. The van der Waals surface area contributed by atoms with Gasteiger partial charge < -0.3 is 14.4 Å². The number of carbonyl (C=O) groups is 1. The maximum Gasteiger partial charge on any atom is 0.272 e. The molecule has 0 saturated heterocycles. The van der Waals surface area contributed by atoms with Gasteiger partial charge in [-0.3, -0.25) is 4.79 Å². The highest BCUT2D eigenvalue weighted by Crippen LogP contribution is 2.29. The third kappa shape index (κ3) is 5.17. The van der Waals surface area contributed by atoms with Crippen molar-refractivity contribution in [3.63, 3.8) is 0 Å². The minimum absolute atomic E-state index is 0.200. The van der Waals surface area contributed by atoms with E-state index in [9.17, 15) is 9.18 Å². The summed E-state index contributed by atoms with van der Waals surface area (Å²) in [4.78, 5) is 19.7. The van der Waals surface area contributed by atoms with Gasteiger partial charge in [0, 0.05) is 30.6 Å². The van der Waals surface area contributed by atoms with Crippen LogP contribution >= 0.6 is 0 Å². The first kappa shape index (κ1) is 25.2. The lowest BCUT2D eigenvalue weighted by molar-refractivity contribution is 0.0791. The third-order valence-electron chi connectivity index (χ3n) is 6.09. The topological polar surface area (TPSA) is 69.0 Å². The number of likely N-dealkylation sites (N-methyl/N-ethyl adjacent to an activating group) is 1.